The number of thiazole rings is 1. The number of hydrogen-bond acceptors (Lipinski definition) is 4. The highest BCUT2D eigenvalue weighted by Gasteiger charge is 2.14. The van der Waals surface area contributed by atoms with Crippen LogP contribution in [0.4, 0.5) is 5.69 Å². The largest absolute Gasteiger partial charge is 0.484 e. The minimum atomic E-state index is -0.247. The third kappa shape index (κ3) is 5.06. The van der Waals surface area contributed by atoms with Crippen molar-refractivity contribution in [3.8, 4) is 16.3 Å². The topological polar surface area (TPSA) is 51.2 Å². The fraction of sp³-hybridized carbons (Fsp3) is 0.200. The first kappa shape index (κ1) is 21.3. The Kier molecular flexibility index (Phi) is 5.99. The summed E-state index contributed by atoms with van der Waals surface area (Å²) in [6.07, 6.45) is 0. The number of rotatable bonds is 5. The Balaban J connectivity index is 1.39. The number of carbonyl (C=O) groups is 1. The maximum atomic E-state index is 12.3. The molecule has 0 atom stereocenters. The van der Waals surface area contributed by atoms with E-state index in [0.29, 0.717) is 16.5 Å². The molecule has 0 saturated heterocycles. The van der Waals surface area contributed by atoms with Crippen LogP contribution in [0.5, 0.6) is 5.75 Å². The molecular formula is C25H23ClN2O2S. The Morgan fingerprint density at radius 1 is 1.06 bits per heavy atom. The average molecular weight is 451 g/mol. The van der Waals surface area contributed by atoms with Crippen molar-refractivity contribution >= 4 is 44.7 Å². The van der Waals surface area contributed by atoms with Crippen molar-refractivity contribution in [2.24, 2.45) is 0 Å². The van der Waals surface area contributed by atoms with Gasteiger partial charge in [-0.3, -0.25) is 4.79 Å². The van der Waals surface area contributed by atoms with Gasteiger partial charge in [0.15, 0.2) is 6.61 Å². The lowest BCUT2D eigenvalue weighted by Crippen LogP contribution is -2.20. The van der Waals surface area contributed by atoms with Gasteiger partial charge in [-0.15, -0.1) is 11.3 Å². The molecule has 0 aliphatic carbocycles. The van der Waals surface area contributed by atoms with Gasteiger partial charge in [-0.2, -0.15) is 0 Å². The van der Waals surface area contributed by atoms with Crippen molar-refractivity contribution < 1.29 is 9.53 Å². The Morgan fingerprint density at radius 3 is 2.48 bits per heavy atom. The summed E-state index contributed by atoms with van der Waals surface area (Å²) in [7, 11) is 0. The van der Waals surface area contributed by atoms with E-state index in [-0.39, 0.29) is 17.9 Å². The van der Waals surface area contributed by atoms with E-state index in [1.165, 1.54) is 5.56 Å². The molecule has 0 spiro atoms. The predicted octanol–water partition coefficient (Wildman–Crippen LogP) is 6.93. The van der Waals surface area contributed by atoms with Crippen molar-refractivity contribution in [3.05, 3.63) is 77.3 Å². The molecule has 1 heterocycles. The summed E-state index contributed by atoms with van der Waals surface area (Å²) in [5, 5.41) is 4.22. The normalized spacial score (nSPS) is 11.5. The number of nitrogens with one attached hydrogen (secondary N) is 1. The fourth-order valence-corrected chi connectivity index (χ4v) is 4.48. The van der Waals surface area contributed by atoms with Crippen LogP contribution in [0.1, 0.15) is 26.3 Å². The zero-order chi connectivity index (χ0) is 22.0. The van der Waals surface area contributed by atoms with Crippen molar-refractivity contribution in [1.29, 1.82) is 0 Å². The Morgan fingerprint density at radius 2 is 1.81 bits per heavy atom. The number of nitrogens with zero attached hydrogens (tertiary/aromatic N) is 1. The molecule has 4 nitrogen and oxygen atoms in total. The number of ether oxygens (including phenoxy) is 1. The van der Waals surface area contributed by atoms with Crippen molar-refractivity contribution in [2.75, 3.05) is 11.9 Å². The van der Waals surface area contributed by atoms with Gasteiger partial charge in [-0.05, 0) is 53.4 Å². The molecule has 31 heavy (non-hydrogen) atoms. The summed E-state index contributed by atoms with van der Waals surface area (Å²) >= 11 is 8.07. The SMILES string of the molecule is CC(C)(C)c1ccc(OCC(=O)Nc2ccc(-c3nc4ccccc4s3)c(Cl)c2)cc1. The minimum absolute atomic E-state index is 0.0761. The van der Waals surface area contributed by atoms with Crippen molar-refractivity contribution in [2.45, 2.75) is 26.2 Å². The molecule has 0 radical (unpaired) electrons. The predicted molar refractivity (Wildman–Crippen MR) is 129 cm³/mol. The van der Waals surface area contributed by atoms with Gasteiger partial charge in [-0.25, -0.2) is 4.98 Å². The quantitative estimate of drug-likeness (QED) is 0.358. The Bertz CT molecular complexity index is 1190. The number of para-hydroxylation sites is 1. The van der Waals surface area contributed by atoms with E-state index in [1.807, 2.05) is 60.7 Å². The standard InChI is InChI=1S/C25H23ClN2O2S/c1-25(2,3)16-8-11-18(12-9-16)30-15-23(29)27-17-10-13-19(20(26)14-17)24-28-21-6-4-5-7-22(21)31-24/h4-14H,15H2,1-3H3,(H,27,29). The second kappa shape index (κ2) is 8.69. The molecule has 0 aliphatic heterocycles. The van der Waals surface area contributed by atoms with Gasteiger partial charge in [0.2, 0.25) is 0 Å². The van der Waals surface area contributed by atoms with Crippen LogP contribution in [0.25, 0.3) is 20.8 Å². The zero-order valence-corrected chi connectivity index (χ0v) is 19.2. The molecule has 0 bridgehead atoms. The molecule has 4 rings (SSSR count). The highest BCUT2D eigenvalue weighted by atomic mass is 35.5. The number of anilines is 1. The van der Waals surface area contributed by atoms with Crippen LogP contribution < -0.4 is 10.1 Å². The zero-order valence-electron chi connectivity index (χ0n) is 17.6. The number of fused-ring (bicyclic) bond motifs is 1. The molecule has 6 heteroatoms. The van der Waals surface area contributed by atoms with Crippen LogP contribution in [-0.4, -0.2) is 17.5 Å². The molecule has 158 valence electrons. The van der Waals surface area contributed by atoms with Crippen molar-refractivity contribution in [3.63, 3.8) is 0 Å². The molecule has 1 aromatic heterocycles. The first-order valence-corrected chi connectivity index (χ1v) is 11.2. The number of hydrogen-bond donors (Lipinski definition) is 1. The number of aromatic nitrogens is 1. The van der Waals surface area contributed by atoms with E-state index in [1.54, 1.807) is 17.4 Å². The summed E-state index contributed by atoms with van der Waals surface area (Å²) in [5.41, 5.74) is 3.70. The maximum Gasteiger partial charge on any atom is 0.262 e. The lowest BCUT2D eigenvalue weighted by atomic mass is 9.87. The van der Waals surface area contributed by atoms with Crippen LogP contribution in [0, 0.1) is 0 Å². The molecule has 0 aliphatic rings. The molecule has 0 fully saturated rings. The van der Waals surface area contributed by atoms with Gasteiger partial charge in [0.05, 0.1) is 15.2 Å². The van der Waals surface area contributed by atoms with Gasteiger partial charge < -0.3 is 10.1 Å². The molecule has 1 amide bonds. The number of amides is 1. The van der Waals surface area contributed by atoms with Gasteiger partial charge in [0.25, 0.3) is 5.91 Å². The van der Waals surface area contributed by atoms with Crippen LogP contribution >= 0.6 is 22.9 Å². The number of carbonyl (C=O) groups excluding carboxylic acids is 1. The second-order valence-electron chi connectivity index (χ2n) is 8.29. The molecule has 0 unspecified atom stereocenters. The summed E-state index contributed by atoms with van der Waals surface area (Å²) in [4.78, 5) is 17.0. The van der Waals surface area contributed by atoms with Crippen LogP contribution in [-0.2, 0) is 10.2 Å². The van der Waals surface area contributed by atoms with E-state index >= 15 is 0 Å². The first-order valence-electron chi connectivity index (χ1n) is 9.98. The van der Waals surface area contributed by atoms with E-state index in [9.17, 15) is 4.79 Å². The number of benzene rings is 3. The molecular weight excluding hydrogens is 428 g/mol. The van der Waals surface area contributed by atoms with Crippen LogP contribution in [0.15, 0.2) is 66.7 Å². The molecule has 4 aromatic rings. The highest BCUT2D eigenvalue weighted by molar-refractivity contribution is 7.21. The number of halogens is 1. The lowest BCUT2D eigenvalue weighted by Gasteiger charge is -2.19. The van der Waals surface area contributed by atoms with Gasteiger partial charge >= 0.3 is 0 Å². The smallest absolute Gasteiger partial charge is 0.262 e. The van der Waals surface area contributed by atoms with Gasteiger partial charge in [0, 0.05) is 11.3 Å². The Labute approximate surface area is 190 Å². The van der Waals surface area contributed by atoms with E-state index in [4.69, 9.17) is 16.3 Å². The lowest BCUT2D eigenvalue weighted by molar-refractivity contribution is -0.118. The highest BCUT2D eigenvalue weighted by Crippen LogP contribution is 2.35. The van der Waals surface area contributed by atoms with Crippen molar-refractivity contribution in [1.82, 2.24) is 4.98 Å². The maximum absolute atomic E-state index is 12.3. The molecule has 0 saturated carbocycles. The van der Waals surface area contributed by atoms with E-state index in [0.717, 1.165) is 20.8 Å². The minimum Gasteiger partial charge on any atom is -0.484 e. The summed E-state index contributed by atoms with van der Waals surface area (Å²) in [6, 6.07) is 21.2. The van der Waals surface area contributed by atoms with Gasteiger partial charge in [0.1, 0.15) is 10.8 Å². The third-order valence-electron chi connectivity index (χ3n) is 4.87. The summed E-state index contributed by atoms with van der Waals surface area (Å²) in [5.74, 6) is 0.413. The summed E-state index contributed by atoms with van der Waals surface area (Å²) in [6.45, 7) is 6.39. The average Bonchev–Trinajstić information content (AvgIpc) is 3.16. The fourth-order valence-electron chi connectivity index (χ4n) is 3.15. The monoisotopic (exact) mass is 450 g/mol. The van der Waals surface area contributed by atoms with Crippen LogP contribution in [0.2, 0.25) is 5.02 Å². The first-order chi connectivity index (χ1) is 14.8. The molecule has 3 aromatic carbocycles. The molecule has 1 N–H and O–H groups in total. The van der Waals surface area contributed by atoms with E-state index in [2.05, 4.69) is 31.1 Å². The van der Waals surface area contributed by atoms with Crippen LogP contribution in [0.3, 0.4) is 0 Å². The third-order valence-corrected chi connectivity index (χ3v) is 6.25. The Hall–Kier alpha value is -2.89. The summed E-state index contributed by atoms with van der Waals surface area (Å²) < 4.78 is 6.72. The van der Waals surface area contributed by atoms with E-state index < -0.39 is 0 Å². The second-order valence-corrected chi connectivity index (χ2v) is 9.73. The van der Waals surface area contributed by atoms with Gasteiger partial charge in [-0.1, -0.05) is 56.6 Å².